The molecule has 0 saturated carbocycles. The maximum Gasteiger partial charge on any atom is 0.335 e. The zero-order valence-electron chi connectivity index (χ0n) is 17.6. The summed E-state index contributed by atoms with van der Waals surface area (Å²) < 4.78 is 0. The Morgan fingerprint density at radius 2 is 1.64 bits per heavy atom. The summed E-state index contributed by atoms with van der Waals surface area (Å²) in [6.07, 6.45) is 0. The Morgan fingerprint density at radius 3 is 2.33 bits per heavy atom. The molecule has 2 aliphatic rings. The zero-order valence-corrected chi connectivity index (χ0v) is 19.3. The van der Waals surface area contributed by atoms with E-state index < -0.39 is 5.97 Å². The van der Waals surface area contributed by atoms with E-state index in [9.17, 15) is 9.59 Å². The Balaban J connectivity index is 1.53. The molecule has 0 radical (unpaired) electrons. The maximum absolute atomic E-state index is 13.6. The van der Waals surface area contributed by atoms with Crippen molar-refractivity contribution in [2.24, 2.45) is 4.99 Å². The third-order valence-electron chi connectivity index (χ3n) is 5.32. The number of carbonyl (C=O) groups is 2. The molecule has 1 N–H and O–H groups in total. The van der Waals surface area contributed by atoms with E-state index in [0.717, 1.165) is 21.2 Å². The van der Waals surface area contributed by atoms with Crippen LogP contribution < -0.4 is 4.90 Å². The highest BCUT2D eigenvalue weighted by atomic mass is 32.2. The van der Waals surface area contributed by atoms with Crippen molar-refractivity contribution < 1.29 is 14.7 Å². The molecular weight excluding hydrogens is 454 g/mol. The lowest BCUT2D eigenvalue weighted by atomic mass is 10.2. The maximum atomic E-state index is 13.6. The minimum Gasteiger partial charge on any atom is -0.478 e. The fraction of sp³-hybridized carbons (Fsp3) is 0.0800. The first-order chi connectivity index (χ1) is 16.0. The fourth-order valence-electron chi connectivity index (χ4n) is 3.61. The summed E-state index contributed by atoms with van der Waals surface area (Å²) in [7, 11) is 1.97. The lowest BCUT2D eigenvalue weighted by Gasteiger charge is -2.16. The monoisotopic (exact) mass is 473 g/mol. The molecule has 0 spiro atoms. The van der Waals surface area contributed by atoms with Gasteiger partial charge in [-0.15, -0.1) is 0 Å². The standard InChI is InChI=1S/C25H19N3O3S2/c1-27-19-9-5-6-10-20(19)32-23(27)21-22(29)28(15-16-7-3-2-4-8-16)25(33-21)26-18-13-11-17(12-14-18)24(30)31/h2-14H,15H2,1H3,(H,30,31)/b23-21-,26-25-. The number of nitrogens with zero attached hydrogens (tertiary/aromatic N) is 3. The van der Waals surface area contributed by atoms with E-state index in [1.54, 1.807) is 28.8 Å². The van der Waals surface area contributed by atoms with Crippen LogP contribution in [0.1, 0.15) is 15.9 Å². The topological polar surface area (TPSA) is 73.2 Å². The van der Waals surface area contributed by atoms with Gasteiger partial charge in [-0.1, -0.05) is 54.2 Å². The second-order valence-corrected chi connectivity index (χ2v) is 9.50. The Hall–Kier alpha value is -3.49. The smallest absolute Gasteiger partial charge is 0.335 e. The van der Waals surface area contributed by atoms with E-state index in [1.165, 1.54) is 23.9 Å². The molecule has 1 fully saturated rings. The second kappa shape index (κ2) is 8.80. The fourth-order valence-corrected chi connectivity index (χ4v) is 5.96. The Labute approximate surface area is 199 Å². The van der Waals surface area contributed by atoms with E-state index in [2.05, 4.69) is 6.07 Å². The summed E-state index contributed by atoms with van der Waals surface area (Å²) >= 11 is 2.93. The number of amidine groups is 1. The molecule has 164 valence electrons. The number of benzene rings is 3. The van der Waals surface area contributed by atoms with Crippen LogP contribution in [0.3, 0.4) is 0 Å². The highest BCUT2D eigenvalue weighted by Gasteiger charge is 2.39. The number of rotatable bonds is 4. The molecule has 0 bridgehead atoms. The first-order valence-electron chi connectivity index (χ1n) is 10.2. The van der Waals surface area contributed by atoms with Crippen molar-refractivity contribution >= 4 is 51.9 Å². The van der Waals surface area contributed by atoms with Gasteiger partial charge in [0.25, 0.3) is 5.91 Å². The Morgan fingerprint density at radius 1 is 0.939 bits per heavy atom. The van der Waals surface area contributed by atoms with Crippen molar-refractivity contribution in [2.45, 2.75) is 11.4 Å². The van der Waals surface area contributed by atoms with E-state index >= 15 is 0 Å². The van der Waals surface area contributed by atoms with Gasteiger partial charge in [0.1, 0.15) is 4.91 Å². The molecule has 0 aromatic heterocycles. The van der Waals surface area contributed by atoms with Crippen molar-refractivity contribution in [1.82, 2.24) is 4.90 Å². The molecule has 3 aromatic rings. The molecular formula is C25H19N3O3S2. The van der Waals surface area contributed by atoms with Gasteiger partial charge >= 0.3 is 5.97 Å². The van der Waals surface area contributed by atoms with Crippen LogP contribution in [0.5, 0.6) is 0 Å². The van der Waals surface area contributed by atoms with Gasteiger partial charge in [0.15, 0.2) is 5.17 Å². The van der Waals surface area contributed by atoms with E-state index in [1.807, 2.05) is 60.5 Å². The van der Waals surface area contributed by atoms with Gasteiger partial charge in [-0.3, -0.25) is 9.69 Å². The molecule has 0 atom stereocenters. The van der Waals surface area contributed by atoms with Gasteiger partial charge in [-0.25, -0.2) is 9.79 Å². The lowest BCUT2D eigenvalue weighted by Crippen LogP contribution is -2.29. The number of anilines is 1. The molecule has 5 rings (SSSR count). The van der Waals surface area contributed by atoms with Crippen LogP contribution in [0.15, 0.2) is 98.7 Å². The van der Waals surface area contributed by atoms with Crippen LogP contribution in [-0.2, 0) is 11.3 Å². The third-order valence-corrected chi connectivity index (χ3v) is 7.75. The van der Waals surface area contributed by atoms with Gasteiger partial charge in [-0.2, -0.15) is 0 Å². The number of amides is 1. The molecule has 0 unspecified atom stereocenters. The van der Waals surface area contributed by atoms with Crippen LogP contribution in [0.4, 0.5) is 11.4 Å². The highest BCUT2D eigenvalue weighted by molar-refractivity contribution is 8.19. The summed E-state index contributed by atoms with van der Waals surface area (Å²) in [6, 6.07) is 24.2. The molecule has 0 aliphatic carbocycles. The van der Waals surface area contributed by atoms with Gasteiger partial charge in [-0.05, 0) is 53.7 Å². The number of carboxylic acids is 1. The van der Waals surface area contributed by atoms with Crippen LogP contribution in [-0.4, -0.2) is 34.1 Å². The van der Waals surface area contributed by atoms with Gasteiger partial charge in [0.05, 0.1) is 28.5 Å². The number of hydrogen-bond donors (Lipinski definition) is 1. The highest BCUT2D eigenvalue weighted by Crippen LogP contribution is 2.50. The molecule has 6 nitrogen and oxygen atoms in total. The first kappa shape index (κ1) is 21.4. The summed E-state index contributed by atoms with van der Waals surface area (Å²) in [5.74, 6) is -1.08. The van der Waals surface area contributed by atoms with E-state index in [4.69, 9.17) is 10.1 Å². The molecule has 1 saturated heterocycles. The predicted molar refractivity (Wildman–Crippen MR) is 133 cm³/mol. The van der Waals surface area contributed by atoms with Crippen LogP contribution in [0.25, 0.3) is 0 Å². The number of carboxylic acid groups (broad SMARTS) is 1. The summed E-state index contributed by atoms with van der Waals surface area (Å²) in [5.41, 5.74) is 2.86. The second-order valence-electron chi connectivity index (χ2n) is 7.49. The average molecular weight is 474 g/mol. The number of fused-ring (bicyclic) bond motifs is 1. The molecule has 3 aromatic carbocycles. The number of aliphatic imine (C=N–C) groups is 1. The van der Waals surface area contributed by atoms with E-state index in [-0.39, 0.29) is 11.5 Å². The molecule has 2 aliphatic heterocycles. The van der Waals surface area contributed by atoms with Crippen LogP contribution >= 0.6 is 23.5 Å². The van der Waals surface area contributed by atoms with Crippen molar-refractivity contribution in [3.05, 3.63) is 99.9 Å². The number of aromatic carboxylic acids is 1. The van der Waals surface area contributed by atoms with Crippen LogP contribution in [0, 0.1) is 0 Å². The van der Waals surface area contributed by atoms with Gasteiger partial charge in [0.2, 0.25) is 0 Å². The Kier molecular flexibility index (Phi) is 5.70. The first-order valence-corrected chi connectivity index (χ1v) is 11.8. The number of hydrogen-bond acceptors (Lipinski definition) is 6. The van der Waals surface area contributed by atoms with Gasteiger partial charge < -0.3 is 10.0 Å². The molecule has 1 amide bonds. The predicted octanol–water partition coefficient (Wildman–Crippen LogP) is 5.56. The lowest BCUT2D eigenvalue weighted by molar-refractivity contribution is -0.122. The minimum atomic E-state index is -0.988. The van der Waals surface area contributed by atoms with Crippen molar-refractivity contribution in [3.63, 3.8) is 0 Å². The normalized spacial score (nSPS) is 18.8. The molecule has 2 heterocycles. The van der Waals surface area contributed by atoms with Gasteiger partial charge in [0, 0.05) is 11.9 Å². The third kappa shape index (κ3) is 4.15. The minimum absolute atomic E-state index is 0.0908. The number of para-hydroxylation sites is 1. The largest absolute Gasteiger partial charge is 0.478 e. The average Bonchev–Trinajstić information content (AvgIpc) is 3.32. The van der Waals surface area contributed by atoms with Crippen molar-refractivity contribution in [3.8, 4) is 0 Å². The van der Waals surface area contributed by atoms with E-state index in [0.29, 0.717) is 22.3 Å². The Bertz CT molecular complexity index is 1300. The summed E-state index contributed by atoms with van der Waals surface area (Å²) in [4.78, 5) is 34.9. The quantitative estimate of drug-likeness (QED) is 0.500. The summed E-state index contributed by atoms with van der Waals surface area (Å²) in [6.45, 7) is 0.400. The van der Waals surface area contributed by atoms with Crippen LogP contribution in [0.2, 0.25) is 0 Å². The number of carbonyl (C=O) groups excluding carboxylic acids is 1. The summed E-state index contributed by atoms with van der Waals surface area (Å²) in [5, 5.41) is 10.6. The zero-order chi connectivity index (χ0) is 22.9. The molecule has 33 heavy (non-hydrogen) atoms. The SMILES string of the molecule is CN1/C(=C2/S/C(=N\c3ccc(C(=O)O)cc3)N(Cc3ccccc3)C2=O)Sc2ccccc21. The molecule has 8 heteroatoms. The van der Waals surface area contributed by atoms with Crippen molar-refractivity contribution in [2.75, 3.05) is 11.9 Å². The van der Waals surface area contributed by atoms with Crippen molar-refractivity contribution in [1.29, 1.82) is 0 Å². The number of thioether (sulfide) groups is 2.